The number of piperazine rings is 1. The van der Waals surface area contributed by atoms with Crippen LogP contribution >= 0.6 is 11.8 Å². The summed E-state index contributed by atoms with van der Waals surface area (Å²) >= 11 is 1.46. The molecule has 0 bridgehead atoms. The highest BCUT2D eigenvalue weighted by molar-refractivity contribution is 7.98. The monoisotopic (exact) mass is 545 g/mol. The van der Waals surface area contributed by atoms with Crippen LogP contribution in [0.15, 0.2) is 59.8 Å². The molecular formula is C28H31N7O3S. The van der Waals surface area contributed by atoms with Gasteiger partial charge >= 0.3 is 0 Å². The third kappa shape index (κ3) is 5.98. The topological polar surface area (TPSA) is 98.5 Å². The third-order valence-electron chi connectivity index (χ3n) is 6.59. The van der Waals surface area contributed by atoms with Gasteiger partial charge in [0.25, 0.3) is 5.91 Å². The number of anilines is 1. The first-order chi connectivity index (χ1) is 18.9. The summed E-state index contributed by atoms with van der Waals surface area (Å²) in [6.07, 6.45) is 0. The van der Waals surface area contributed by atoms with Gasteiger partial charge in [-0.3, -0.25) is 4.79 Å². The summed E-state index contributed by atoms with van der Waals surface area (Å²) in [5.41, 5.74) is 4.76. The maximum atomic E-state index is 13.7. The van der Waals surface area contributed by atoms with Crippen molar-refractivity contribution in [3.05, 3.63) is 77.4 Å². The molecule has 5 rings (SSSR count). The van der Waals surface area contributed by atoms with E-state index in [4.69, 9.17) is 9.47 Å². The average molecular weight is 546 g/mol. The van der Waals surface area contributed by atoms with E-state index in [0.29, 0.717) is 35.4 Å². The van der Waals surface area contributed by atoms with Crippen LogP contribution < -0.4 is 14.4 Å². The van der Waals surface area contributed by atoms with Crippen LogP contribution in [0.2, 0.25) is 0 Å². The van der Waals surface area contributed by atoms with Crippen LogP contribution in [0.3, 0.4) is 0 Å². The minimum atomic E-state index is -0.124. The number of hydrogen-bond donors (Lipinski definition) is 0. The van der Waals surface area contributed by atoms with Gasteiger partial charge in [-0.1, -0.05) is 17.0 Å². The molecule has 1 aliphatic rings. The number of aromatic nitrogens is 5. The van der Waals surface area contributed by atoms with Crippen molar-refractivity contribution in [1.82, 2.24) is 29.9 Å². The van der Waals surface area contributed by atoms with Gasteiger partial charge in [0.1, 0.15) is 11.5 Å². The van der Waals surface area contributed by atoms with Crippen LogP contribution in [0, 0.1) is 13.8 Å². The number of ether oxygens (including phenoxy) is 2. The molecule has 2 aromatic carbocycles. The van der Waals surface area contributed by atoms with Gasteiger partial charge in [0.2, 0.25) is 0 Å². The Hall–Kier alpha value is -4.12. The molecule has 0 unspecified atom stereocenters. The van der Waals surface area contributed by atoms with Crippen molar-refractivity contribution in [3.8, 4) is 17.2 Å². The highest BCUT2D eigenvalue weighted by atomic mass is 32.2. The first-order valence-electron chi connectivity index (χ1n) is 12.7. The van der Waals surface area contributed by atoms with E-state index in [1.807, 2.05) is 73.3 Å². The highest BCUT2D eigenvalue weighted by Gasteiger charge is 2.28. The summed E-state index contributed by atoms with van der Waals surface area (Å²) in [5, 5.41) is 9.40. The van der Waals surface area contributed by atoms with Crippen LogP contribution in [0.25, 0.3) is 5.69 Å². The fourth-order valence-corrected chi connectivity index (χ4v) is 5.47. The van der Waals surface area contributed by atoms with Gasteiger partial charge in [-0.25, -0.2) is 14.6 Å². The number of thioether (sulfide) groups is 1. The van der Waals surface area contributed by atoms with Gasteiger partial charge in [-0.05, 0) is 68.4 Å². The van der Waals surface area contributed by atoms with E-state index in [-0.39, 0.29) is 5.91 Å². The lowest BCUT2D eigenvalue weighted by Crippen LogP contribution is -2.49. The van der Waals surface area contributed by atoms with Crippen LogP contribution in [-0.4, -0.2) is 76.2 Å². The molecule has 0 N–H and O–H groups in total. The average Bonchev–Trinajstić information content (AvgIpc) is 3.39. The Kier molecular flexibility index (Phi) is 7.97. The molecule has 1 aliphatic heterocycles. The number of amides is 1. The summed E-state index contributed by atoms with van der Waals surface area (Å²) in [6.45, 7) is 6.53. The van der Waals surface area contributed by atoms with E-state index in [9.17, 15) is 4.79 Å². The van der Waals surface area contributed by atoms with Crippen LogP contribution in [0.5, 0.6) is 11.5 Å². The van der Waals surface area contributed by atoms with Crippen LogP contribution in [0.1, 0.15) is 27.6 Å². The van der Waals surface area contributed by atoms with E-state index < -0.39 is 0 Å². The molecule has 0 atom stereocenters. The lowest BCUT2D eigenvalue weighted by molar-refractivity contribution is 0.0740. The molecule has 10 nitrogen and oxygen atoms in total. The van der Waals surface area contributed by atoms with Crippen molar-refractivity contribution in [1.29, 1.82) is 0 Å². The van der Waals surface area contributed by atoms with Crippen molar-refractivity contribution in [2.75, 3.05) is 45.3 Å². The van der Waals surface area contributed by atoms with Gasteiger partial charge in [0, 0.05) is 49.0 Å². The first kappa shape index (κ1) is 26.5. The van der Waals surface area contributed by atoms with Crippen molar-refractivity contribution in [2.45, 2.75) is 24.8 Å². The molecule has 39 heavy (non-hydrogen) atoms. The molecule has 1 amide bonds. The quantitative estimate of drug-likeness (QED) is 0.241. The van der Waals surface area contributed by atoms with Crippen molar-refractivity contribution in [2.24, 2.45) is 0 Å². The van der Waals surface area contributed by atoms with E-state index in [0.717, 1.165) is 47.4 Å². The second kappa shape index (κ2) is 11.7. The molecule has 0 spiro atoms. The van der Waals surface area contributed by atoms with Gasteiger partial charge in [-0.15, -0.1) is 5.10 Å². The summed E-state index contributed by atoms with van der Waals surface area (Å²) in [7, 11) is 3.29. The molecule has 2 aromatic heterocycles. The normalized spacial score (nSPS) is 13.4. The second-order valence-corrected chi connectivity index (χ2v) is 10.1. The third-order valence-corrected chi connectivity index (χ3v) is 7.45. The molecule has 0 saturated carbocycles. The number of carbonyl (C=O) groups is 1. The fraction of sp³-hybridized carbons (Fsp3) is 0.321. The lowest BCUT2D eigenvalue weighted by Gasteiger charge is -2.36. The molecule has 202 valence electrons. The van der Waals surface area contributed by atoms with E-state index >= 15 is 0 Å². The number of hydrogen-bond acceptors (Lipinski definition) is 9. The Labute approximate surface area is 232 Å². The molecule has 3 heterocycles. The standard InChI is InChI=1S/C28H31N7O3S/c1-19-17-20(2)30-28(29-19)39-18-25-26(31-32-35(25)22-7-11-24(38-4)12-8-22)27(36)34-15-13-33(14-16-34)21-5-9-23(37-3)10-6-21/h5-12,17H,13-16,18H2,1-4H3. The van der Waals surface area contributed by atoms with E-state index in [2.05, 4.69) is 25.2 Å². The Morgan fingerprint density at radius 1 is 0.846 bits per heavy atom. The molecular weight excluding hydrogens is 514 g/mol. The molecule has 4 aromatic rings. The molecule has 1 fully saturated rings. The summed E-state index contributed by atoms with van der Waals surface area (Å²) < 4.78 is 12.3. The maximum absolute atomic E-state index is 13.7. The second-order valence-electron chi connectivity index (χ2n) is 9.19. The highest BCUT2D eigenvalue weighted by Crippen LogP contribution is 2.26. The van der Waals surface area contributed by atoms with Crippen molar-refractivity contribution in [3.63, 3.8) is 0 Å². The van der Waals surface area contributed by atoms with Gasteiger partial charge in [0.05, 0.1) is 25.6 Å². The Morgan fingerprint density at radius 2 is 1.41 bits per heavy atom. The molecule has 11 heteroatoms. The smallest absolute Gasteiger partial charge is 0.276 e. The molecule has 1 saturated heterocycles. The summed E-state index contributed by atoms with van der Waals surface area (Å²) in [6, 6.07) is 17.5. The van der Waals surface area contributed by atoms with Gasteiger partial charge in [-0.2, -0.15) is 0 Å². The zero-order valence-corrected chi connectivity index (χ0v) is 23.3. The molecule has 0 radical (unpaired) electrons. The first-order valence-corrected chi connectivity index (χ1v) is 13.7. The SMILES string of the molecule is COc1ccc(N2CCN(C(=O)c3nnn(-c4ccc(OC)cc4)c3CSc3nc(C)cc(C)n3)CC2)cc1. The zero-order chi connectivity index (χ0) is 27.4. The van der Waals surface area contributed by atoms with E-state index in [1.54, 1.807) is 18.9 Å². The number of benzene rings is 2. The zero-order valence-electron chi connectivity index (χ0n) is 22.5. The van der Waals surface area contributed by atoms with Gasteiger partial charge in [0.15, 0.2) is 10.9 Å². The maximum Gasteiger partial charge on any atom is 0.276 e. The number of aryl methyl sites for hydroxylation is 2. The van der Waals surface area contributed by atoms with Crippen molar-refractivity contribution >= 4 is 23.4 Å². The van der Waals surface area contributed by atoms with Gasteiger partial charge < -0.3 is 19.3 Å². The molecule has 0 aliphatic carbocycles. The largest absolute Gasteiger partial charge is 0.497 e. The predicted molar refractivity (Wildman–Crippen MR) is 150 cm³/mol. The Bertz CT molecular complexity index is 1410. The number of rotatable bonds is 8. The fourth-order valence-electron chi connectivity index (χ4n) is 4.53. The van der Waals surface area contributed by atoms with E-state index in [1.165, 1.54) is 11.8 Å². The van der Waals surface area contributed by atoms with Crippen LogP contribution in [-0.2, 0) is 5.75 Å². The number of methoxy groups -OCH3 is 2. The Balaban J connectivity index is 1.37. The summed E-state index contributed by atoms with van der Waals surface area (Å²) in [5.74, 6) is 1.88. The number of carbonyl (C=O) groups excluding carboxylic acids is 1. The lowest BCUT2D eigenvalue weighted by atomic mass is 10.2. The number of nitrogens with zero attached hydrogens (tertiary/aromatic N) is 7. The van der Waals surface area contributed by atoms with Crippen LogP contribution in [0.4, 0.5) is 5.69 Å². The predicted octanol–water partition coefficient (Wildman–Crippen LogP) is 3.95. The van der Waals surface area contributed by atoms with Crippen molar-refractivity contribution < 1.29 is 14.3 Å². The minimum Gasteiger partial charge on any atom is -0.497 e. The Morgan fingerprint density at radius 3 is 1.97 bits per heavy atom. The minimum absolute atomic E-state index is 0.124. The summed E-state index contributed by atoms with van der Waals surface area (Å²) in [4.78, 5) is 26.9.